The van der Waals surface area contributed by atoms with E-state index in [1.54, 1.807) is 24.7 Å². The largest absolute Gasteiger partial charge is 0.352 e. The van der Waals surface area contributed by atoms with Gasteiger partial charge in [-0.15, -0.1) is 0 Å². The number of amides is 1. The summed E-state index contributed by atoms with van der Waals surface area (Å²) in [6.07, 6.45) is 5.39. The van der Waals surface area contributed by atoms with Crippen LogP contribution < -0.4 is 5.32 Å². The van der Waals surface area contributed by atoms with Crippen LogP contribution in [0.3, 0.4) is 0 Å². The van der Waals surface area contributed by atoms with Gasteiger partial charge in [0.15, 0.2) is 0 Å². The Morgan fingerprint density at radius 2 is 2.31 bits per heavy atom. The van der Waals surface area contributed by atoms with Crippen LogP contribution in [0.4, 0.5) is 0 Å². The fourth-order valence-electron chi connectivity index (χ4n) is 1.32. The lowest BCUT2D eigenvalue weighted by Gasteiger charge is -2.03. The number of nitrogens with zero attached hydrogens (tertiary/aromatic N) is 2. The molecule has 16 heavy (non-hydrogen) atoms. The van der Waals surface area contributed by atoms with E-state index in [-0.39, 0.29) is 5.91 Å². The van der Waals surface area contributed by atoms with E-state index in [1.807, 2.05) is 12.1 Å². The Morgan fingerprint density at radius 3 is 3.00 bits per heavy atom. The molecule has 0 bridgehead atoms. The monoisotopic (exact) mass is 216 g/mol. The van der Waals surface area contributed by atoms with E-state index in [2.05, 4.69) is 20.5 Å². The smallest absolute Gasteiger partial charge is 0.226 e. The molecule has 2 heterocycles. The normalized spacial score (nSPS) is 10.0. The van der Waals surface area contributed by atoms with Crippen LogP contribution in [-0.4, -0.2) is 21.1 Å². The second-order valence-electron chi connectivity index (χ2n) is 3.40. The Bertz CT molecular complexity index is 438. The molecule has 0 spiro atoms. The average Bonchev–Trinajstić information content (AvgIpc) is 2.81. The number of pyridine rings is 1. The highest BCUT2D eigenvalue weighted by Crippen LogP contribution is 1.96. The average molecular weight is 216 g/mol. The first-order valence-electron chi connectivity index (χ1n) is 4.98. The molecular formula is C11H12N4O. The molecule has 0 radical (unpaired) electrons. The van der Waals surface area contributed by atoms with Crippen LogP contribution in [0.5, 0.6) is 0 Å². The molecule has 0 aliphatic carbocycles. The molecule has 5 heteroatoms. The Morgan fingerprint density at radius 1 is 1.38 bits per heavy atom. The molecule has 1 amide bonds. The summed E-state index contributed by atoms with van der Waals surface area (Å²) in [6.45, 7) is 0.501. The molecule has 0 fully saturated rings. The van der Waals surface area contributed by atoms with Crippen molar-refractivity contribution in [1.29, 1.82) is 0 Å². The van der Waals surface area contributed by atoms with Gasteiger partial charge in [0.05, 0.1) is 6.42 Å². The topological polar surface area (TPSA) is 70.7 Å². The molecule has 2 aromatic rings. The first-order valence-corrected chi connectivity index (χ1v) is 4.98. The number of aromatic nitrogens is 3. The summed E-state index contributed by atoms with van der Waals surface area (Å²) in [5.74, 6) is -0.0342. The van der Waals surface area contributed by atoms with Crippen molar-refractivity contribution >= 4 is 5.91 Å². The van der Waals surface area contributed by atoms with Crippen LogP contribution in [-0.2, 0) is 17.8 Å². The van der Waals surface area contributed by atoms with Crippen LogP contribution in [0.1, 0.15) is 11.3 Å². The van der Waals surface area contributed by atoms with Crippen molar-refractivity contribution in [2.24, 2.45) is 0 Å². The Kier molecular flexibility index (Phi) is 3.28. The second kappa shape index (κ2) is 5.06. The summed E-state index contributed by atoms with van der Waals surface area (Å²) in [5.41, 5.74) is 1.80. The number of rotatable bonds is 4. The Labute approximate surface area is 92.9 Å². The summed E-state index contributed by atoms with van der Waals surface area (Å²) in [4.78, 5) is 15.5. The molecule has 5 nitrogen and oxygen atoms in total. The standard InChI is InChI=1S/C11H12N4O/c16-11(6-10-3-5-14-15-10)13-8-9-2-1-4-12-7-9/h1-5,7H,6,8H2,(H,13,16)(H,14,15). The van der Waals surface area contributed by atoms with Crippen molar-refractivity contribution < 1.29 is 4.79 Å². The number of hydrogen-bond acceptors (Lipinski definition) is 3. The zero-order valence-corrected chi connectivity index (χ0v) is 8.68. The Hall–Kier alpha value is -2.17. The first-order chi connectivity index (χ1) is 7.84. The number of H-pyrrole nitrogens is 1. The summed E-state index contributed by atoms with van der Waals surface area (Å²) in [5, 5.41) is 9.33. The van der Waals surface area contributed by atoms with E-state index in [4.69, 9.17) is 0 Å². The van der Waals surface area contributed by atoms with Crippen molar-refractivity contribution in [3.05, 3.63) is 48.0 Å². The maximum Gasteiger partial charge on any atom is 0.226 e. The lowest BCUT2D eigenvalue weighted by atomic mass is 10.2. The van der Waals surface area contributed by atoms with Gasteiger partial charge in [0.1, 0.15) is 0 Å². The quantitative estimate of drug-likeness (QED) is 0.788. The molecule has 2 rings (SSSR count). The molecular weight excluding hydrogens is 204 g/mol. The highest BCUT2D eigenvalue weighted by molar-refractivity contribution is 5.77. The highest BCUT2D eigenvalue weighted by atomic mass is 16.1. The predicted octanol–water partition coefficient (Wildman–Crippen LogP) is 0.664. The van der Waals surface area contributed by atoms with Crippen molar-refractivity contribution in [3.8, 4) is 0 Å². The Balaban J connectivity index is 1.80. The van der Waals surface area contributed by atoms with Crippen LogP contribution >= 0.6 is 0 Å². The third-order valence-electron chi connectivity index (χ3n) is 2.12. The van der Waals surface area contributed by atoms with Gasteiger partial charge in [-0.3, -0.25) is 14.9 Å². The summed E-state index contributed by atoms with van der Waals surface area (Å²) < 4.78 is 0. The summed E-state index contributed by atoms with van der Waals surface area (Å²) in [7, 11) is 0. The van der Waals surface area contributed by atoms with Crippen LogP contribution in [0.2, 0.25) is 0 Å². The molecule has 2 N–H and O–H groups in total. The molecule has 0 saturated heterocycles. The number of aromatic amines is 1. The maximum atomic E-state index is 11.5. The summed E-state index contributed by atoms with van der Waals surface area (Å²) >= 11 is 0. The predicted molar refractivity (Wildman–Crippen MR) is 58.4 cm³/mol. The van der Waals surface area contributed by atoms with Crippen LogP contribution in [0.15, 0.2) is 36.8 Å². The SMILES string of the molecule is O=C(Cc1ccn[nH]1)NCc1cccnc1. The summed E-state index contributed by atoms with van der Waals surface area (Å²) in [6, 6.07) is 5.55. The van der Waals surface area contributed by atoms with E-state index in [0.29, 0.717) is 13.0 Å². The minimum atomic E-state index is -0.0342. The minimum Gasteiger partial charge on any atom is -0.352 e. The molecule has 2 aromatic heterocycles. The van der Waals surface area contributed by atoms with Gasteiger partial charge in [0.2, 0.25) is 5.91 Å². The molecule has 0 aliphatic rings. The number of nitrogens with one attached hydrogen (secondary N) is 2. The first kappa shape index (κ1) is 10.4. The number of carbonyl (C=O) groups excluding carboxylic acids is 1. The van der Waals surface area contributed by atoms with E-state index in [1.165, 1.54) is 0 Å². The van der Waals surface area contributed by atoms with Crippen molar-refractivity contribution in [2.45, 2.75) is 13.0 Å². The van der Waals surface area contributed by atoms with E-state index >= 15 is 0 Å². The third-order valence-corrected chi connectivity index (χ3v) is 2.12. The third kappa shape index (κ3) is 2.91. The van der Waals surface area contributed by atoms with Crippen LogP contribution in [0.25, 0.3) is 0 Å². The molecule has 82 valence electrons. The second-order valence-corrected chi connectivity index (χ2v) is 3.40. The lowest BCUT2D eigenvalue weighted by molar-refractivity contribution is -0.120. The number of hydrogen-bond donors (Lipinski definition) is 2. The fourth-order valence-corrected chi connectivity index (χ4v) is 1.32. The maximum absolute atomic E-state index is 11.5. The molecule has 0 aliphatic heterocycles. The van der Waals surface area contributed by atoms with Crippen molar-refractivity contribution in [3.63, 3.8) is 0 Å². The van der Waals surface area contributed by atoms with Gasteiger partial charge in [-0.25, -0.2) is 0 Å². The van der Waals surface area contributed by atoms with Gasteiger partial charge < -0.3 is 5.32 Å². The number of carbonyl (C=O) groups is 1. The van der Waals surface area contributed by atoms with Crippen molar-refractivity contribution in [1.82, 2.24) is 20.5 Å². The zero-order valence-electron chi connectivity index (χ0n) is 8.68. The molecule has 0 aromatic carbocycles. The van der Waals surface area contributed by atoms with Gasteiger partial charge in [-0.2, -0.15) is 5.10 Å². The minimum absolute atomic E-state index is 0.0342. The van der Waals surface area contributed by atoms with Gasteiger partial charge in [0.25, 0.3) is 0 Å². The molecule has 0 saturated carbocycles. The van der Waals surface area contributed by atoms with Gasteiger partial charge in [-0.1, -0.05) is 6.07 Å². The van der Waals surface area contributed by atoms with Gasteiger partial charge >= 0.3 is 0 Å². The van der Waals surface area contributed by atoms with E-state index < -0.39 is 0 Å². The van der Waals surface area contributed by atoms with Gasteiger partial charge in [-0.05, 0) is 17.7 Å². The van der Waals surface area contributed by atoms with E-state index in [9.17, 15) is 4.79 Å². The molecule has 0 unspecified atom stereocenters. The zero-order chi connectivity index (χ0) is 11.2. The highest BCUT2D eigenvalue weighted by Gasteiger charge is 2.03. The van der Waals surface area contributed by atoms with E-state index in [0.717, 1.165) is 11.3 Å². The van der Waals surface area contributed by atoms with Gasteiger partial charge in [0, 0.05) is 30.8 Å². The molecule has 0 atom stereocenters. The lowest BCUT2D eigenvalue weighted by Crippen LogP contribution is -2.24. The fraction of sp³-hybridized carbons (Fsp3) is 0.182. The van der Waals surface area contributed by atoms with Crippen molar-refractivity contribution in [2.75, 3.05) is 0 Å². The van der Waals surface area contributed by atoms with Crippen LogP contribution in [0, 0.1) is 0 Å².